The molecule has 1 fully saturated rings. The van der Waals surface area contributed by atoms with E-state index < -0.39 is 21.1 Å². The van der Waals surface area contributed by atoms with Gasteiger partial charge in [-0.2, -0.15) is 4.31 Å². The minimum absolute atomic E-state index is 0.213. The van der Waals surface area contributed by atoms with Crippen molar-refractivity contribution in [1.29, 1.82) is 0 Å². The van der Waals surface area contributed by atoms with Crippen LogP contribution in [0.4, 0.5) is 0 Å². The molecule has 1 aliphatic heterocycles. The molecule has 35 heavy (non-hydrogen) atoms. The van der Waals surface area contributed by atoms with E-state index >= 15 is 0 Å². The van der Waals surface area contributed by atoms with Gasteiger partial charge in [0.1, 0.15) is 0 Å². The predicted octanol–water partition coefficient (Wildman–Crippen LogP) is 1.74. The zero-order valence-electron chi connectivity index (χ0n) is 19.6. The minimum Gasteiger partial charge on any atom is -0.336 e. The third kappa shape index (κ3) is 4.21. The molecule has 2 aromatic carbocycles. The van der Waals surface area contributed by atoms with E-state index in [9.17, 15) is 22.8 Å². The summed E-state index contributed by atoms with van der Waals surface area (Å²) in [7, 11) is -3.63. The van der Waals surface area contributed by atoms with Crippen molar-refractivity contribution < 1.29 is 13.2 Å². The van der Waals surface area contributed by atoms with Crippen LogP contribution in [0, 0.1) is 0 Å². The molecular formula is C25H28N4O5S. The lowest BCUT2D eigenvalue weighted by atomic mass is 9.92. The number of rotatable bonds is 4. The Morgan fingerprint density at radius 3 is 2.37 bits per heavy atom. The van der Waals surface area contributed by atoms with Crippen molar-refractivity contribution >= 4 is 27.0 Å². The number of hydrogen-bond donors (Lipinski definition) is 1. The Morgan fingerprint density at radius 2 is 1.66 bits per heavy atom. The van der Waals surface area contributed by atoms with Crippen molar-refractivity contribution in [2.45, 2.75) is 44.0 Å². The van der Waals surface area contributed by atoms with Gasteiger partial charge in [-0.1, -0.05) is 6.07 Å². The number of fused-ring (bicyclic) bond motifs is 2. The van der Waals surface area contributed by atoms with Gasteiger partial charge in [-0.15, -0.1) is 0 Å². The van der Waals surface area contributed by atoms with E-state index in [-0.39, 0.29) is 32.1 Å². The molecule has 0 saturated carbocycles. The number of nitrogens with zero attached hydrogens (tertiary/aromatic N) is 3. The summed E-state index contributed by atoms with van der Waals surface area (Å²) in [6.07, 6.45) is 4.12. The molecule has 5 rings (SSSR count). The third-order valence-corrected chi connectivity index (χ3v) is 8.92. The minimum atomic E-state index is -3.63. The Hall–Kier alpha value is -3.24. The van der Waals surface area contributed by atoms with Crippen LogP contribution < -0.4 is 11.1 Å². The van der Waals surface area contributed by atoms with Crippen molar-refractivity contribution in [3.63, 3.8) is 0 Å². The fourth-order valence-electron chi connectivity index (χ4n) is 5.06. The number of aromatic nitrogens is 2. The molecule has 0 spiro atoms. The fourth-order valence-corrected chi connectivity index (χ4v) is 6.53. The standard InChI is InChI=1S/C25H28N4O5S/c1-2-29-22-10-8-19(16-21(22)26-23(30)25(29)32)24(31)27-11-13-28(14-12-27)35(33,34)20-9-7-17-5-3-4-6-18(17)15-20/h7-10,15-16H,2-6,11-14H2,1H3,(H,26,30). The van der Waals surface area contributed by atoms with Crippen molar-refractivity contribution in [3.8, 4) is 0 Å². The van der Waals surface area contributed by atoms with E-state index in [0.29, 0.717) is 28.0 Å². The van der Waals surface area contributed by atoms with Crippen LogP contribution in [0.15, 0.2) is 50.9 Å². The summed E-state index contributed by atoms with van der Waals surface area (Å²) in [6.45, 7) is 3.08. The highest BCUT2D eigenvalue weighted by Gasteiger charge is 2.31. The van der Waals surface area contributed by atoms with E-state index in [1.54, 1.807) is 36.1 Å². The van der Waals surface area contributed by atoms with Crippen LogP contribution in [0.1, 0.15) is 41.3 Å². The highest BCUT2D eigenvalue weighted by atomic mass is 32.2. The van der Waals surface area contributed by atoms with Crippen molar-refractivity contribution in [1.82, 2.24) is 18.8 Å². The van der Waals surface area contributed by atoms with E-state index in [1.165, 1.54) is 14.4 Å². The van der Waals surface area contributed by atoms with Crippen LogP contribution in [-0.4, -0.2) is 59.3 Å². The van der Waals surface area contributed by atoms with Gasteiger partial charge in [0.25, 0.3) is 5.91 Å². The molecule has 1 aliphatic carbocycles. The van der Waals surface area contributed by atoms with Gasteiger partial charge in [-0.05, 0) is 74.1 Å². The number of aromatic amines is 1. The van der Waals surface area contributed by atoms with Crippen molar-refractivity contribution in [2.75, 3.05) is 26.2 Å². The Morgan fingerprint density at radius 1 is 0.943 bits per heavy atom. The second-order valence-corrected chi connectivity index (χ2v) is 11.0. The first-order valence-electron chi connectivity index (χ1n) is 12.0. The van der Waals surface area contributed by atoms with Crippen molar-refractivity contribution in [3.05, 3.63) is 73.8 Å². The monoisotopic (exact) mass is 496 g/mol. The first-order valence-corrected chi connectivity index (χ1v) is 13.4. The highest BCUT2D eigenvalue weighted by molar-refractivity contribution is 7.89. The topological polar surface area (TPSA) is 113 Å². The molecule has 10 heteroatoms. The summed E-state index contributed by atoms with van der Waals surface area (Å²) in [5, 5.41) is 0. The molecule has 2 aliphatic rings. The van der Waals surface area contributed by atoms with Crippen LogP contribution in [0.25, 0.3) is 11.0 Å². The summed E-state index contributed by atoms with van der Waals surface area (Å²) in [6, 6.07) is 10.3. The van der Waals surface area contributed by atoms with Gasteiger partial charge in [0, 0.05) is 38.3 Å². The van der Waals surface area contributed by atoms with E-state index in [2.05, 4.69) is 4.98 Å². The highest BCUT2D eigenvalue weighted by Crippen LogP contribution is 2.26. The molecule has 0 radical (unpaired) electrons. The first kappa shape index (κ1) is 23.5. The zero-order chi connectivity index (χ0) is 24.7. The second kappa shape index (κ2) is 9.09. The SMILES string of the molecule is CCn1c(=O)c(=O)[nH]c2cc(C(=O)N3CCN(S(=O)(=O)c4ccc5c(c4)CCCC5)CC3)ccc21. The molecule has 184 valence electrons. The Labute approximate surface area is 203 Å². The number of carbonyl (C=O) groups excluding carboxylic acids is 1. The molecule has 1 saturated heterocycles. The molecule has 0 bridgehead atoms. The zero-order valence-corrected chi connectivity index (χ0v) is 20.4. The number of aryl methyl sites for hydroxylation is 3. The average molecular weight is 497 g/mol. The van der Waals surface area contributed by atoms with Gasteiger partial charge in [-0.3, -0.25) is 14.4 Å². The number of sulfonamides is 1. The molecular weight excluding hydrogens is 468 g/mol. The van der Waals surface area contributed by atoms with Crippen LogP contribution >= 0.6 is 0 Å². The van der Waals surface area contributed by atoms with Crippen LogP contribution in [-0.2, 0) is 29.4 Å². The molecule has 3 aromatic rings. The molecule has 1 aromatic heterocycles. The lowest BCUT2D eigenvalue weighted by Crippen LogP contribution is -2.50. The number of amides is 1. The molecule has 9 nitrogen and oxygen atoms in total. The summed E-state index contributed by atoms with van der Waals surface area (Å²) in [4.78, 5) is 41.7. The normalized spacial score (nSPS) is 16.9. The summed E-state index contributed by atoms with van der Waals surface area (Å²) in [5.41, 5.74) is 2.33. The molecule has 1 N–H and O–H groups in total. The van der Waals surface area contributed by atoms with Gasteiger partial charge >= 0.3 is 11.1 Å². The maximum Gasteiger partial charge on any atom is 0.316 e. The number of hydrogen-bond acceptors (Lipinski definition) is 5. The number of piperazine rings is 1. The Bertz CT molecular complexity index is 1530. The third-order valence-electron chi connectivity index (χ3n) is 7.02. The summed E-state index contributed by atoms with van der Waals surface area (Å²) in [5.74, 6) is -0.243. The lowest BCUT2D eigenvalue weighted by molar-refractivity contribution is 0.0698. The smallest absolute Gasteiger partial charge is 0.316 e. The van der Waals surface area contributed by atoms with E-state index in [0.717, 1.165) is 31.2 Å². The largest absolute Gasteiger partial charge is 0.336 e. The first-order chi connectivity index (χ1) is 16.8. The second-order valence-electron chi connectivity index (χ2n) is 9.07. The molecule has 1 amide bonds. The van der Waals surface area contributed by atoms with Gasteiger partial charge in [0.2, 0.25) is 10.0 Å². The Balaban J connectivity index is 1.32. The Kier molecular flexibility index (Phi) is 6.10. The van der Waals surface area contributed by atoms with Crippen LogP contribution in [0.3, 0.4) is 0 Å². The number of carbonyl (C=O) groups is 1. The van der Waals surface area contributed by atoms with Gasteiger partial charge in [0.05, 0.1) is 15.9 Å². The average Bonchev–Trinajstić information content (AvgIpc) is 2.88. The van der Waals surface area contributed by atoms with Crippen molar-refractivity contribution in [2.24, 2.45) is 0 Å². The van der Waals surface area contributed by atoms with Gasteiger partial charge in [-0.25, -0.2) is 8.42 Å². The number of benzene rings is 2. The molecule has 0 atom stereocenters. The fraction of sp³-hybridized carbons (Fsp3) is 0.400. The van der Waals surface area contributed by atoms with E-state index in [1.807, 2.05) is 12.1 Å². The van der Waals surface area contributed by atoms with E-state index in [4.69, 9.17) is 0 Å². The summed E-state index contributed by atoms with van der Waals surface area (Å²) >= 11 is 0. The van der Waals surface area contributed by atoms with Crippen LogP contribution in [0.5, 0.6) is 0 Å². The number of nitrogens with one attached hydrogen (secondary N) is 1. The van der Waals surface area contributed by atoms with Gasteiger partial charge < -0.3 is 14.5 Å². The number of H-pyrrole nitrogens is 1. The molecule has 0 unspecified atom stereocenters. The maximum absolute atomic E-state index is 13.2. The predicted molar refractivity (Wildman–Crippen MR) is 132 cm³/mol. The molecule has 2 heterocycles. The summed E-state index contributed by atoms with van der Waals surface area (Å²) < 4.78 is 29.3. The quantitative estimate of drug-likeness (QED) is 0.553. The van der Waals surface area contributed by atoms with Crippen LogP contribution in [0.2, 0.25) is 0 Å². The van der Waals surface area contributed by atoms with Gasteiger partial charge in [0.15, 0.2) is 0 Å². The maximum atomic E-state index is 13.2. The lowest BCUT2D eigenvalue weighted by Gasteiger charge is -2.34.